The van der Waals surface area contributed by atoms with Gasteiger partial charge in [0.1, 0.15) is 0 Å². The van der Waals surface area contributed by atoms with Crippen molar-refractivity contribution >= 4 is 11.4 Å². The lowest BCUT2D eigenvalue weighted by molar-refractivity contribution is 0.310. The van der Waals surface area contributed by atoms with Crippen LogP contribution >= 0.6 is 0 Å². The minimum atomic E-state index is -0.273. The highest BCUT2D eigenvalue weighted by molar-refractivity contribution is 5.90. The van der Waals surface area contributed by atoms with Crippen LogP contribution in [0.15, 0.2) is 10.1 Å². The molecular weight excluding hydrogens is 240 g/mol. The molecule has 0 aromatic heterocycles. The zero-order valence-corrected chi connectivity index (χ0v) is 13.5. The van der Waals surface area contributed by atoms with E-state index in [1.54, 1.807) is 0 Å². The Labute approximate surface area is 117 Å². The van der Waals surface area contributed by atoms with Gasteiger partial charge in [0.25, 0.3) is 0 Å². The molecule has 5 heteroatoms. The molecule has 0 saturated carbocycles. The van der Waals surface area contributed by atoms with Crippen LogP contribution in [-0.2, 0) is 0 Å². The molecule has 0 aromatic rings. The highest BCUT2D eigenvalue weighted by Crippen LogP contribution is 2.06. The van der Waals surface area contributed by atoms with Gasteiger partial charge < -0.3 is 15.8 Å². The fourth-order valence-electron chi connectivity index (χ4n) is 1.55. The molecule has 0 aliphatic carbocycles. The molecule has 0 amide bonds. The van der Waals surface area contributed by atoms with Gasteiger partial charge in [-0.25, -0.2) is 0 Å². The highest BCUT2D eigenvalue weighted by Gasteiger charge is 2.22. The summed E-state index contributed by atoms with van der Waals surface area (Å²) in [5, 5.41) is 18.9. The number of hydrogen-bond donors (Lipinski definition) is 3. The zero-order valence-electron chi connectivity index (χ0n) is 13.5. The molecule has 0 unspecified atom stereocenters. The van der Waals surface area contributed by atoms with Crippen molar-refractivity contribution in [2.45, 2.75) is 59.0 Å². The summed E-state index contributed by atoms with van der Waals surface area (Å²) in [7, 11) is 1.82. The topological polar surface area (TPSA) is 69.0 Å². The lowest BCUT2D eigenvalue weighted by atomic mass is 9.98. The van der Waals surface area contributed by atoms with Crippen LogP contribution in [-0.4, -0.2) is 47.8 Å². The molecule has 0 rings (SSSR count). The van der Waals surface area contributed by atoms with Crippen LogP contribution in [0.2, 0.25) is 0 Å². The number of nitrogens with one attached hydrogen (secondary N) is 2. The van der Waals surface area contributed by atoms with Gasteiger partial charge in [-0.15, -0.1) is 0 Å². The standard InChI is InChI=1S/C14H30N4O/c1-11(15-7)13(3,4)16-9-8-10-17-14(5,6)12(2)18-19/h16-17,19H,8-10H2,1-7H3/b15-11?,18-12+. The van der Waals surface area contributed by atoms with Crippen molar-refractivity contribution in [2.24, 2.45) is 10.1 Å². The number of hydrogen-bond acceptors (Lipinski definition) is 5. The smallest absolute Gasteiger partial charge is 0.0734 e. The van der Waals surface area contributed by atoms with Gasteiger partial charge in [-0.1, -0.05) is 5.16 Å². The van der Waals surface area contributed by atoms with Gasteiger partial charge in [0.05, 0.1) is 16.8 Å². The molecule has 0 aliphatic rings. The maximum absolute atomic E-state index is 8.79. The minimum Gasteiger partial charge on any atom is -0.411 e. The van der Waals surface area contributed by atoms with Crippen LogP contribution in [0.5, 0.6) is 0 Å². The van der Waals surface area contributed by atoms with Gasteiger partial charge in [0.15, 0.2) is 0 Å². The van der Waals surface area contributed by atoms with Crippen molar-refractivity contribution in [3.8, 4) is 0 Å². The first-order chi connectivity index (χ1) is 8.67. The van der Waals surface area contributed by atoms with E-state index < -0.39 is 0 Å². The number of oxime groups is 1. The van der Waals surface area contributed by atoms with Crippen molar-refractivity contribution in [1.29, 1.82) is 0 Å². The maximum atomic E-state index is 8.79. The van der Waals surface area contributed by atoms with E-state index in [2.05, 4.69) is 34.6 Å². The minimum absolute atomic E-state index is 0.0628. The van der Waals surface area contributed by atoms with Gasteiger partial charge in [-0.3, -0.25) is 4.99 Å². The van der Waals surface area contributed by atoms with E-state index >= 15 is 0 Å². The zero-order chi connectivity index (χ0) is 15.1. The molecule has 0 heterocycles. The van der Waals surface area contributed by atoms with Crippen LogP contribution in [0.4, 0.5) is 0 Å². The SMILES string of the molecule is CN=C(C)C(C)(C)NCCCNC(C)(C)/C(C)=N/O. The summed E-state index contributed by atoms with van der Waals surface area (Å²) in [5.41, 5.74) is 1.46. The van der Waals surface area contributed by atoms with E-state index in [0.29, 0.717) is 5.71 Å². The molecule has 0 bridgehead atoms. The fourth-order valence-corrected chi connectivity index (χ4v) is 1.55. The summed E-state index contributed by atoms with van der Waals surface area (Å²) in [6, 6.07) is 0. The third kappa shape index (κ3) is 6.16. The summed E-state index contributed by atoms with van der Waals surface area (Å²) in [6.07, 6.45) is 1.00. The number of rotatable bonds is 8. The van der Waals surface area contributed by atoms with E-state index in [9.17, 15) is 0 Å². The molecule has 0 atom stereocenters. The van der Waals surface area contributed by atoms with Gasteiger partial charge in [-0.2, -0.15) is 0 Å². The molecule has 19 heavy (non-hydrogen) atoms. The average molecular weight is 270 g/mol. The highest BCUT2D eigenvalue weighted by atomic mass is 16.4. The monoisotopic (exact) mass is 270 g/mol. The molecule has 0 aliphatic heterocycles. The van der Waals surface area contributed by atoms with E-state index in [-0.39, 0.29) is 11.1 Å². The largest absolute Gasteiger partial charge is 0.411 e. The predicted molar refractivity (Wildman–Crippen MR) is 82.7 cm³/mol. The Morgan fingerprint density at radius 1 is 0.947 bits per heavy atom. The van der Waals surface area contributed by atoms with Gasteiger partial charge in [-0.05, 0) is 61.1 Å². The maximum Gasteiger partial charge on any atom is 0.0734 e. The summed E-state index contributed by atoms with van der Waals surface area (Å²) in [5.74, 6) is 0. The molecule has 112 valence electrons. The van der Waals surface area contributed by atoms with Crippen molar-refractivity contribution in [3.63, 3.8) is 0 Å². The lowest BCUT2D eigenvalue weighted by Crippen LogP contribution is -2.48. The molecule has 0 spiro atoms. The van der Waals surface area contributed by atoms with Crippen molar-refractivity contribution in [3.05, 3.63) is 0 Å². The molecule has 0 radical (unpaired) electrons. The fraction of sp³-hybridized carbons (Fsp3) is 0.857. The van der Waals surface area contributed by atoms with Gasteiger partial charge in [0, 0.05) is 12.8 Å². The second kappa shape index (κ2) is 7.60. The molecule has 0 saturated heterocycles. The summed E-state index contributed by atoms with van der Waals surface area (Å²) in [6.45, 7) is 13.9. The second-order valence-electron chi connectivity index (χ2n) is 5.95. The van der Waals surface area contributed by atoms with Crippen LogP contribution in [0.3, 0.4) is 0 Å². The Hall–Kier alpha value is -0.940. The van der Waals surface area contributed by atoms with E-state index in [1.165, 1.54) is 0 Å². The van der Waals surface area contributed by atoms with Gasteiger partial charge >= 0.3 is 0 Å². The van der Waals surface area contributed by atoms with Crippen LogP contribution < -0.4 is 10.6 Å². The molecule has 3 N–H and O–H groups in total. The summed E-state index contributed by atoms with van der Waals surface area (Å²) in [4.78, 5) is 4.23. The third-order valence-electron chi connectivity index (χ3n) is 3.78. The predicted octanol–water partition coefficient (Wildman–Crippen LogP) is 2.05. The van der Waals surface area contributed by atoms with E-state index in [1.807, 2.05) is 34.7 Å². The lowest BCUT2D eigenvalue weighted by Gasteiger charge is -2.28. The normalized spacial score (nSPS) is 14.9. The Bertz CT molecular complexity index is 300. The molecule has 5 nitrogen and oxygen atoms in total. The molecule has 0 aromatic carbocycles. The van der Waals surface area contributed by atoms with Crippen LogP contribution in [0.25, 0.3) is 0 Å². The molecular formula is C14H30N4O. The Morgan fingerprint density at radius 2 is 1.37 bits per heavy atom. The number of nitrogens with zero attached hydrogens (tertiary/aromatic N) is 2. The van der Waals surface area contributed by atoms with Crippen molar-refractivity contribution in [2.75, 3.05) is 20.1 Å². The Kier molecular flexibility index (Phi) is 7.23. The average Bonchev–Trinajstić information content (AvgIpc) is 2.35. The molecule has 0 fully saturated rings. The Morgan fingerprint density at radius 3 is 1.74 bits per heavy atom. The van der Waals surface area contributed by atoms with Crippen LogP contribution in [0.1, 0.15) is 48.0 Å². The van der Waals surface area contributed by atoms with E-state index in [0.717, 1.165) is 25.2 Å². The van der Waals surface area contributed by atoms with Crippen molar-refractivity contribution < 1.29 is 5.21 Å². The number of aliphatic imine (C=N–C) groups is 1. The first-order valence-corrected chi connectivity index (χ1v) is 6.80. The van der Waals surface area contributed by atoms with Crippen molar-refractivity contribution in [1.82, 2.24) is 10.6 Å². The van der Waals surface area contributed by atoms with E-state index in [4.69, 9.17) is 5.21 Å². The summed E-state index contributed by atoms with van der Waals surface area (Å²) < 4.78 is 0. The second-order valence-corrected chi connectivity index (χ2v) is 5.95. The first-order valence-electron chi connectivity index (χ1n) is 6.80. The quantitative estimate of drug-likeness (QED) is 0.274. The third-order valence-corrected chi connectivity index (χ3v) is 3.78. The first kappa shape index (κ1) is 18.1. The van der Waals surface area contributed by atoms with Crippen LogP contribution in [0, 0.1) is 0 Å². The Balaban J connectivity index is 4.02. The van der Waals surface area contributed by atoms with Gasteiger partial charge in [0.2, 0.25) is 0 Å². The summed E-state index contributed by atoms with van der Waals surface area (Å²) >= 11 is 0.